The van der Waals surface area contributed by atoms with Crippen molar-refractivity contribution in [3.63, 3.8) is 0 Å². The second-order valence-electron chi connectivity index (χ2n) is 9.08. The first-order valence-electron chi connectivity index (χ1n) is 11.8. The SMILES string of the molecule is Cc1ncccc1C(=O)N1CCCC(CCC(=O)N2CCN(Cc3ccccc3)CC2)C1. The molecule has 0 bridgehead atoms. The Balaban J connectivity index is 1.21. The molecular formula is C26H34N4O2. The highest BCUT2D eigenvalue weighted by Crippen LogP contribution is 2.23. The van der Waals surface area contributed by atoms with E-state index in [0.717, 1.165) is 70.8 Å². The maximum Gasteiger partial charge on any atom is 0.255 e. The Bertz CT molecular complexity index is 909. The minimum atomic E-state index is 0.0705. The van der Waals surface area contributed by atoms with E-state index in [1.165, 1.54) is 5.56 Å². The Labute approximate surface area is 191 Å². The fourth-order valence-electron chi connectivity index (χ4n) is 4.85. The number of rotatable bonds is 6. The first-order chi connectivity index (χ1) is 15.6. The molecule has 1 unspecified atom stereocenters. The summed E-state index contributed by atoms with van der Waals surface area (Å²) in [5.41, 5.74) is 2.80. The Kier molecular flexibility index (Phi) is 7.53. The van der Waals surface area contributed by atoms with E-state index >= 15 is 0 Å². The van der Waals surface area contributed by atoms with E-state index in [9.17, 15) is 9.59 Å². The number of nitrogens with zero attached hydrogens (tertiary/aromatic N) is 4. The standard InChI is InChI=1S/C26H34N4O2/c1-21-24(10-5-13-27-21)26(32)30-14-6-9-23(20-30)11-12-25(31)29-17-15-28(16-18-29)19-22-7-3-2-4-8-22/h2-5,7-8,10,13,23H,6,9,11-12,14-20H2,1H3. The lowest BCUT2D eigenvalue weighted by Gasteiger charge is -2.36. The van der Waals surface area contributed by atoms with Gasteiger partial charge in [0.2, 0.25) is 5.91 Å². The van der Waals surface area contributed by atoms with Crippen molar-refractivity contribution in [2.75, 3.05) is 39.3 Å². The number of benzene rings is 1. The summed E-state index contributed by atoms with van der Waals surface area (Å²) in [4.78, 5) is 36.4. The average molecular weight is 435 g/mol. The number of carbonyl (C=O) groups excluding carboxylic acids is 2. The second kappa shape index (κ2) is 10.7. The molecule has 1 aromatic carbocycles. The molecule has 1 atom stereocenters. The molecular weight excluding hydrogens is 400 g/mol. The van der Waals surface area contributed by atoms with Crippen molar-refractivity contribution in [3.8, 4) is 0 Å². The molecule has 2 aliphatic heterocycles. The van der Waals surface area contributed by atoms with Crippen LogP contribution in [0.2, 0.25) is 0 Å². The lowest BCUT2D eigenvalue weighted by Crippen LogP contribution is -2.48. The second-order valence-corrected chi connectivity index (χ2v) is 9.08. The topological polar surface area (TPSA) is 56.8 Å². The smallest absolute Gasteiger partial charge is 0.255 e. The van der Waals surface area contributed by atoms with Crippen molar-refractivity contribution in [2.45, 2.75) is 39.2 Å². The van der Waals surface area contributed by atoms with Gasteiger partial charge < -0.3 is 9.80 Å². The van der Waals surface area contributed by atoms with Gasteiger partial charge in [0.1, 0.15) is 0 Å². The molecule has 2 amide bonds. The molecule has 2 aromatic rings. The number of amides is 2. The van der Waals surface area contributed by atoms with Gasteiger partial charge in [-0.2, -0.15) is 0 Å². The van der Waals surface area contributed by atoms with Crippen LogP contribution in [0.25, 0.3) is 0 Å². The lowest BCUT2D eigenvalue weighted by molar-refractivity contribution is -0.133. The van der Waals surface area contributed by atoms with E-state index in [4.69, 9.17) is 0 Å². The number of hydrogen-bond donors (Lipinski definition) is 0. The van der Waals surface area contributed by atoms with E-state index in [0.29, 0.717) is 17.9 Å². The van der Waals surface area contributed by atoms with Crippen LogP contribution in [0.5, 0.6) is 0 Å². The third kappa shape index (κ3) is 5.74. The summed E-state index contributed by atoms with van der Waals surface area (Å²) in [6.45, 7) is 7.83. The van der Waals surface area contributed by atoms with E-state index in [1.54, 1.807) is 6.20 Å². The fraction of sp³-hybridized carbons (Fsp3) is 0.500. The number of hydrogen-bond acceptors (Lipinski definition) is 4. The number of aromatic nitrogens is 1. The molecule has 0 aliphatic carbocycles. The number of aryl methyl sites for hydroxylation is 1. The molecule has 6 heteroatoms. The Morgan fingerprint density at radius 2 is 1.75 bits per heavy atom. The summed E-state index contributed by atoms with van der Waals surface area (Å²) in [5.74, 6) is 0.727. The van der Waals surface area contributed by atoms with Crippen LogP contribution >= 0.6 is 0 Å². The van der Waals surface area contributed by atoms with Gasteiger partial charge >= 0.3 is 0 Å². The Morgan fingerprint density at radius 3 is 2.50 bits per heavy atom. The third-order valence-electron chi connectivity index (χ3n) is 6.78. The summed E-state index contributed by atoms with van der Waals surface area (Å²) in [5, 5.41) is 0. The summed E-state index contributed by atoms with van der Waals surface area (Å²) in [6.07, 6.45) is 5.25. The predicted molar refractivity (Wildman–Crippen MR) is 125 cm³/mol. The molecule has 2 fully saturated rings. The maximum absolute atomic E-state index is 12.9. The molecule has 3 heterocycles. The van der Waals surface area contributed by atoms with E-state index in [-0.39, 0.29) is 11.8 Å². The fourth-order valence-corrected chi connectivity index (χ4v) is 4.85. The highest BCUT2D eigenvalue weighted by molar-refractivity contribution is 5.95. The van der Waals surface area contributed by atoms with Gasteiger partial charge in [0.15, 0.2) is 0 Å². The molecule has 32 heavy (non-hydrogen) atoms. The molecule has 1 aromatic heterocycles. The molecule has 170 valence electrons. The molecule has 0 radical (unpaired) electrons. The van der Waals surface area contributed by atoms with E-state index in [2.05, 4.69) is 34.1 Å². The van der Waals surface area contributed by atoms with Gasteiger partial charge in [-0.25, -0.2) is 0 Å². The number of likely N-dealkylation sites (tertiary alicyclic amines) is 1. The summed E-state index contributed by atoms with van der Waals surface area (Å²) in [7, 11) is 0. The number of piperazine rings is 1. The van der Waals surface area contributed by atoms with Crippen LogP contribution < -0.4 is 0 Å². The van der Waals surface area contributed by atoms with Gasteiger partial charge in [0.25, 0.3) is 5.91 Å². The van der Waals surface area contributed by atoms with Crippen LogP contribution in [0.1, 0.15) is 47.3 Å². The minimum absolute atomic E-state index is 0.0705. The van der Waals surface area contributed by atoms with Crippen molar-refractivity contribution < 1.29 is 9.59 Å². The van der Waals surface area contributed by atoms with Gasteiger partial charge in [-0.3, -0.25) is 19.5 Å². The summed E-state index contributed by atoms with van der Waals surface area (Å²) >= 11 is 0. The van der Waals surface area contributed by atoms with Crippen molar-refractivity contribution in [2.24, 2.45) is 5.92 Å². The van der Waals surface area contributed by atoms with E-state index < -0.39 is 0 Å². The van der Waals surface area contributed by atoms with Gasteiger partial charge in [-0.15, -0.1) is 0 Å². The zero-order valence-corrected chi connectivity index (χ0v) is 19.1. The number of pyridine rings is 1. The normalized spacial score (nSPS) is 19.7. The molecule has 4 rings (SSSR count). The Morgan fingerprint density at radius 1 is 0.969 bits per heavy atom. The summed E-state index contributed by atoms with van der Waals surface area (Å²) < 4.78 is 0. The van der Waals surface area contributed by atoms with Crippen molar-refractivity contribution in [1.82, 2.24) is 19.7 Å². The van der Waals surface area contributed by atoms with Crippen LogP contribution in [0.3, 0.4) is 0 Å². The van der Waals surface area contributed by atoms with E-state index in [1.807, 2.05) is 34.9 Å². The van der Waals surface area contributed by atoms with Crippen LogP contribution in [-0.2, 0) is 11.3 Å². The quantitative estimate of drug-likeness (QED) is 0.700. The van der Waals surface area contributed by atoms with Crippen molar-refractivity contribution >= 4 is 11.8 Å². The zero-order chi connectivity index (χ0) is 22.3. The van der Waals surface area contributed by atoms with Gasteiger partial charge in [-0.05, 0) is 49.8 Å². The van der Waals surface area contributed by atoms with Gasteiger partial charge in [0, 0.05) is 64.1 Å². The number of piperidine rings is 1. The van der Waals surface area contributed by atoms with Crippen LogP contribution in [0, 0.1) is 12.8 Å². The minimum Gasteiger partial charge on any atom is -0.340 e. The maximum atomic E-state index is 12.9. The first-order valence-corrected chi connectivity index (χ1v) is 11.8. The highest BCUT2D eigenvalue weighted by atomic mass is 16.2. The highest BCUT2D eigenvalue weighted by Gasteiger charge is 2.27. The van der Waals surface area contributed by atoms with Crippen molar-refractivity contribution in [1.29, 1.82) is 0 Å². The van der Waals surface area contributed by atoms with Crippen LogP contribution in [0.15, 0.2) is 48.7 Å². The Hall–Kier alpha value is -2.73. The average Bonchev–Trinajstić information content (AvgIpc) is 2.84. The monoisotopic (exact) mass is 434 g/mol. The lowest BCUT2D eigenvalue weighted by atomic mass is 9.92. The molecule has 0 spiro atoms. The largest absolute Gasteiger partial charge is 0.340 e. The number of carbonyl (C=O) groups is 2. The molecule has 6 nitrogen and oxygen atoms in total. The van der Waals surface area contributed by atoms with Crippen LogP contribution in [0.4, 0.5) is 0 Å². The third-order valence-corrected chi connectivity index (χ3v) is 6.78. The molecule has 2 saturated heterocycles. The molecule has 0 N–H and O–H groups in total. The first kappa shape index (κ1) is 22.5. The summed E-state index contributed by atoms with van der Waals surface area (Å²) in [6, 6.07) is 14.2. The molecule has 2 aliphatic rings. The van der Waals surface area contributed by atoms with Gasteiger partial charge in [-0.1, -0.05) is 30.3 Å². The zero-order valence-electron chi connectivity index (χ0n) is 19.1. The van der Waals surface area contributed by atoms with Crippen molar-refractivity contribution in [3.05, 3.63) is 65.5 Å². The predicted octanol–water partition coefficient (Wildman–Crippen LogP) is 3.37. The van der Waals surface area contributed by atoms with Gasteiger partial charge in [0.05, 0.1) is 5.56 Å². The molecule has 0 saturated carbocycles. The van der Waals surface area contributed by atoms with Crippen LogP contribution in [-0.4, -0.2) is 70.8 Å².